The highest BCUT2D eigenvalue weighted by atomic mass is 16.7. The second-order valence-corrected chi connectivity index (χ2v) is 11.0. The van der Waals surface area contributed by atoms with Crippen LogP contribution in [-0.4, -0.2) is 85.0 Å². The van der Waals surface area contributed by atoms with Gasteiger partial charge in [-0.1, -0.05) is 41.5 Å². The zero-order valence-electron chi connectivity index (χ0n) is 29.5. The number of aliphatic hydroxyl groups is 2. The molecule has 0 spiro atoms. The van der Waals surface area contributed by atoms with Gasteiger partial charge in [0.15, 0.2) is 0 Å². The maximum atomic E-state index is 10.3. The van der Waals surface area contributed by atoms with Crippen molar-refractivity contribution in [2.24, 2.45) is 11.3 Å². The van der Waals surface area contributed by atoms with Crippen LogP contribution < -0.4 is 27.4 Å². The molecule has 0 aromatic carbocycles. The minimum atomic E-state index is -0.545. The van der Waals surface area contributed by atoms with E-state index in [0.717, 1.165) is 6.42 Å². The molecule has 5 amide bonds. The SMILES string of the molecule is CC(=O)NOCC(C)(C)C.CC(=O)NOCC(C)C.CC(=O)NOC[C@@H](C)O.CC(=O)NOC[C@H](C)O.CCCONC(C)=O. The molecule has 0 saturated carbocycles. The smallest absolute Gasteiger partial charge is 0.240 e. The van der Waals surface area contributed by atoms with E-state index in [1.807, 2.05) is 41.5 Å². The van der Waals surface area contributed by atoms with Crippen molar-refractivity contribution in [3.8, 4) is 0 Å². The molecule has 0 fully saturated rings. The third-order valence-electron chi connectivity index (χ3n) is 2.96. The summed E-state index contributed by atoms with van der Waals surface area (Å²) in [5.74, 6) is -0.554. The van der Waals surface area contributed by atoms with Crippen molar-refractivity contribution in [1.29, 1.82) is 0 Å². The highest BCUT2D eigenvalue weighted by molar-refractivity contribution is 5.72. The van der Waals surface area contributed by atoms with Crippen LogP contribution in [0.2, 0.25) is 0 Å². The lowest BCUT2D eigenvalue weighted by Crippen LogP contribution is -2.26. The van der Waals surface area contributed by atoms with Gasteiger partial charge in [0.25, 0.3) is 0 Å². The molecule has 0 aromatic heterocycles. The van der Waals surface area contributed by atoms with Gasteiger partial charge in [-0.15, -0.1) is 0 Å². The second kappa shape index (κ2) is 35.5. The second-order valence-electron chi connectivity index (χ2n) is 11.0. The summed E-state index contributed by atoms with van der Waals surface area (Å²) in [7, 11) is 0. The highest BCUT2D eigenvalue weighted by Gasteiger charge is 2.10. The van der Waals surface area contributed by atoms with Gasteiger partial charge in [-0.25, -0.2) is 27.4 Å². The van der Waals surface area contributed by atoms with Crippen LogP contribution in [-0.2, 0) is 48.2 Å². The maximum absolute atomic E-state index is 10.3. The van der Waals surface area contributed by atoms with Gasteiger partial charge in [0, 0.05) is 34.6 Å². The Hall–Kier alpha value is -2.93. The molecule has 0 aliphatic heterocycles. The van der Waals surface area contributed by atoms with Crippen molar-refractivity contribution in [2.75, 3.05) is 33.0 Å². The third kappa shape index (κ3) is 85.6. The fourth-order valence-electron chi connectivity index (χ4n) is 1.45. The fraction of sp³-hybridized carbons (Fsp3) is 0.821. The molecule has 0 aromatic rings. The van der Waals surface area contributed by atoms with E-state index in [1.54, 1.807) is 13.8 Å². The van der Waals surface area contributed by atoms with Crippen LogP contribution in [0.1, 0.15) is 96.4 Å². The fourth-order valence-corrected chi connectivity index (χ4v) is 1.45. The largest absolute Gasteiger partial charge is 0.391 e. The summed E-state index contributed by atoms with van der Waals surface area (Å²) < 4.78 is 0. The molecule has 0 saturated heterocycles. The summed E-state index contributed by atoms with van der Waals surface area (Å²) in [4.78, 5) is 74.1. The standard InChI is InChI=1S/C7H15NO2.C6H13NO2.2C5H11NO3.C5H11NO2/c1-6(9)8-10-5-7(2,3)4;1-5(2)4-9-7-6(3)8;2*1-4(7)3-9-6-5(2)8;1-3-4-8-6-5(2)7/h5H2,1-4H3,(H,8,9);5H,4H2,1-3H3,(H,7,8);2*4,7H,3H2,1-2H3,(H,6,8);3-4H2,1-2H3,(H,6,7)/t;;2*4-;/m..10./s1. The molecule has 17 nitrogen and oxygen atoms in total. The summed E-state index contributed by atoms with van der Waals surface area (Å²) >= 11 is 0. The summed E-state index contributed by atoms with van der Waals surface area (Å²) in [6.45, 7) is 24.1. The Morgan fingerprint density at radius 3 is 1.09 bits per heavy atom. The van der Waals surface area contributed by atoms with Crippen molar-refractivity contribution >= 4 is 29.5 Å². The number of aliphatic hydroxyl groups excluding tert-OH is 2. The first-order valence-electron chi connectivity index (χ1n) is 14.3. The molecule has 0 aliphatic carbocycles. The lowest BCUT2D eigenvalue weighted by molar-refractivity contribution is -0.134. The summed E-state index contributed by atoms with van der Waals surface area (Å²) in [6.07, 6.45) is -0.172. The van der Waals surface area contributed by atoms with Crippen molar-refractivity contribution < 1.29 is 58.4 Å². The van der Waals surface area contributed by atoms with Gasteiger partial charge in [0.1, 0.15) is 13.2 Å². The lowest BCUT2D eigenvalue weighted by atomic mass is 9.99. The van der Waals surface area contributed by atoms with Gasteiger partial charge in [0.2, 0.25) is 29.5 Å². The third-order valence-corrected chi connectivity index (χ3v) is 2.96. The number of hydroxylamine groups is 5. The van der Waals surface area contributed by atoms with E-state index in [2.05, 4.69) is 41.9 Å². The zero-order chi connectivity index (χ0) is 36.4. The minimum absolute atomic E-state index is 0.0997. The first-order valence-corrected chi connectivity index (χ1v) is 14.3. The molecular weight excluding hydrogens is 598 g/mol. The molecule has 17 heteroatoms. The van der Waals surface area contributed by atoms with Gasteiger partial charge in [-0.3, -0.25) is 48.2 Å². The van der Waals surface area contributed by atoms with Crippen molar-refractivity contribution in [3.63, 3.8) is 0 Å². The maximum Gasteiger partial charge on any atom is 0.240 e. The average Bonchev–Trinajstić information content (AvgIpc) is 2.83. The first kappa shape index (κ1) is 51.6. The Morgan fingerprint density at radius 1 is 0.556 bits per heavy atom. The normalized spacial score (nSPS) is 11.1. The number of nitrogens with one attached hydrogen (secondary N) is 5. The van der Waals surface area contributed by atoms with E-state index < -0.39 is 12.2 Å². The molecule has 7 N–H and O–H groups in total. The molecule has 0 radical (unpaired) electrons. The number of rotatable bonds is 14. The number of hydrogen-bond donors (Lipinski definition) is 7. The summed E-state index contributed by atoms with van der Waals surface area (Å²) in [5.41, 5.74) is 11.0. The van der Waals surface area contributed by atoms with Gasteiger partial charge < -0.3 is 10.2 Å². The molecule has 0 unspecified atom stereocenters. The average molecular weight is 660 g/mol. The molecule has 0 rings (SSSR count). The predicted octanol–water partition coefficient (Wildman–Crippen LogP) is 1.14. The predicted molar refractivity (Wildman–Crippen MR) is 167 cm³/mol. The monoisotopic (exact) mass is 659 g/mol. The molecule has 0 bridgehead atoms. The number of carbonyl (C=O) groups excluding carboxylic acids is 5. The Balaban J connectivity index is -0.000000148. The number of hydrogen-bond acceptors (Lipinski definition) is 12. The van der Waals surface area contributed by atoms with Gasteiger partial charge in [-0.2, -0.15) is 0 Å². The molecule has 2 atom stereocenters. The van der Waals surface area contributed by atoms with Crippen LogP contribution in [0, 0.1) is 11.3 Å². The highest BCUT2D eigenvalue weighted by Crippen LogP contribution is 2.11. The molecule has 0 heterocycles. The Morgan fingerprint density at radius 2 is 0.844 bits per heavy atom. The van der Waals surface area contributed by atoms with Crippen LogP contribution in [0.5, 0.6) is 0 Å². The van der Waals surface area contributed by atoms with E-state index in [-0.39, 0.29) is 48.2 Å². The van der Waals surface area contributed by atoms with Gasteiger partial charge >= 0.3 is 0 Å². The molecule has 270 valence electrons. The van der Waals surface area contributed by atoms with E-state index >= 15 is 0 Å². The van der Waals surface area contributed by atoms with Crippen LogP contribution >= 0.6 is 0 Å². The van der Waals surface area contributed by atoms with E-state index in [1.165, 1.54) is 34.6 Å². The van der Waals surface area contributed by atoms with Crippen molar-refractivity contribution in [1.82, 2.24) is 27.4 Å². The Bertz CT molecular complexity index is 689. The number of amides is 5. The van der Waals surface area contributed by atoms with E-state index in [0.29, 0.717) is 25.7 Å². The molecular formula is C28H61N5O12. The lowest BCUT2D eigenvalue weighted by Gasteiger charge is -2.16. The molecule has 0 aliphatic rings. The topological polar surface area (TPSA) is 232 Å². The minimum Gasteiger partial charge on any atom is -0.391 e. The number of carbonyl (C=O) groups is 5. The quantitative estimate of drug-likeness (QED) is 0.103. The molecule has 45 heavy (non-hydrogen) atoms. The Kier molecular flexibility index (Phi) is 40.8. The van der Waals surface area contributed by atoms with Crippen molar-refractivity contribution in [2.45, 2.75) is 109 Å². The van der Waals surface area contributed by atoms with E-state index in [4.69, 9.17) is 19.9 Å². The van der Waals surface area contributed by atoms with Crippen LogP contribution in [0.3, 0.4) is 0 Å². The van der Waals surface area contributed by atoms with Crippen LogP contribution in [0.15, 0.2) is 0 Å². The Labute approximate surface area is 268 Å². The first-order chi connectivity index (χ1) is 20.6. The van der Waals surface area contributed by atoms with Gasteiger partial charge in [0.05, 0.1) is 32.0 Å². The van der Waals surface area contributed by atoms with Crippen LogP contribution in [0.4, 0.5) is 0 Å². The zero-order valence-corrected chi connectivity index (χ0v) is 29.5. The van der Waals surface area contributed by atoms with Gasteiger partial charge in [-0.05, 0) is 31.6 Å². The summed E-state index contributed by atoms with van der Waals surface area (Å²) in [5, 5.41) is 17.2. The van der Waals surface area contributed by atoms with Crippen molar-refractivity contribution in [3.05, 3.63) is 0 Å². The van der Waals surface area contributed by atoms with E-state index in [9.17, 15) is 24.0 Å². The summed E-state index contributed by atoms with van der Waals surface area (Å²) in [6, 6.07) is 0. The van der Waals surface area contributed by atoms with Crippen LogP contribution in [0.25, 0.3) is 0 Å².